The first-order chi connectivity index (χ1) is 16.3. The molecule has 12 heteroatoms. The Morgan fingerprint density at radius 1 is 0.750 bits per heavy atom. The molecular weight excluding hydrogens is 508 g/mol. The fourth-order valence-corrected chi connectivity index (χ4v) is 5.42. The highest BCUT2D eigenvalue weighted by molar-refractivity contribution is 8.04. The second kappa shape index (κ2) is 12.4. The van der Waals surface area contributed by atoms with Crippen molar-refractivity contribution in [3.8, 4) is 0 Å². The topological polar surface area (TPSA) is 159 Å². The number of nitrogens with one attached hydrogen (secondary N) is 1. The minimum atomic E-state index is -4.10. The van der Waals surface area contributed by atoms with E-state index in [-0.39, 0.29) is 16.2 Å². The van der Waals surface area contributed by atoms with E-state index < -0.39 is 49.2 Å². The molecule has 0 radical (unpaired) electrons. The van der Waals surface area contributed by atoms with E-state index in [9.17, 15) is 26.4 Å². The Balaban J connectivity index is 0.000000363. The number of sulfonamides is 2. The highest BCUT2D eigenvalue weighted by Crippen LogP contribution is 2.14. The third-order valence-corrected chi connectivity index (χ3v) is 7.38. The van der Waals surface area contributed by atoms with E-state index in [0.29, 0.717) is 0 Å². The van der Waals surface area contributed by atoms with Crippen molar-refractivity contribution in [3.63, 3.8) is 0 Å². The number of nitrogens with two attached hydrogens (primary N) is 1. The summed E-state index contributed by atoms with van der Waals surface area (Å²) in [7, 11) is -8.21. The number of hydrogen-bond donors (Lipinski definition) is 2. The van der Waals surface area contributed by atoms with Crippen LogP contribution in [0.25, 0.3) is 0 Å². The molecule has 2 rings (SSSR count). The molecule has 0 bridgehead atoms. The van der Waals surface area contributed by atoms with Gasteiger partial charge in [-0.3, -0.25) is 9.59 Å². The van der Waals surface area contributed by atoms with Crippen molar-refractivity contribution in [1.82, 2.24) is 4.13 Å². The molecule has 0 heterocycles. The summed E-state index contributed by atoms with van der Waals surface area (Å²) in [5, 5.41) is 0. The highest BCUT2D eigenvalue weighted by Gasteiger charge is 2.27. The zero-order valence-electron chi connectivity index (χ0n) is 21.2. The summed E-state index contributed by atoms with van der Waals surface area (Å²) >= 11 is 0. The minimum absolute atomic E-state index is 0.102. The van der Waals surface area contributed by atoms with Crippen LogP contribution in [0, 0.1) is 0 Å². The molecule has 0 amide bonds. The summed E-state index contributed by atoms with van der Waals surface area (Å²) in [6, 6.07) is 13.7. The van der Waals surface area contributed by atoms with Gasteiger partial charge in [0.25, 0.3) is 20.0 Å². The van der Waals surface area contributed by atoms with Crippen molar-refractivity contribution in [2.75, 3.05) is 0 Å². The summed E-state index contributed by atoms with van der Waals surface area (Å²) in [6.07, 6.45) is -0.174. The Morgan fingerprint density at radius 3 is 1.44 bits per heavy atom. The van der Waals surface area contributed by atoms with E-state index in [4.69, 9.17) is 15.2 Å². The van der Waals surface area contributed by atoms with Gasteiger partial charge in [-0.25, -0.2) is 16.8 Å². The van der Waals surface area contributed by atoms with Gasteiger partial charge in [0.15, 0.2) is 0 Å². The van der Waals surface area contributed by atoms with Gasteiger partial charge in [-0.15, -0.1) is 4.13 Å². The molecule has 10 nitrogen and oxygen atoms in total. The predicted octanol–water partition coefficient (Wildman–Crippen LogP) is 2.74. The van der Waals surface area contributed by atoms with Crippen LogP contribution in [0.15, 0.2) is 70.5 Å². The van der Waals surface area contributed by atoms with Crippen LogP contribution in [0.4, 0.5) is 0 Å². The molecule has 0 aromatic heterocycles. The first-order valence-corrected chi connectivity index (χ1v) is 13.9. The van der Waals surface area contributed by atoms with Crippen LogP contribution < -0.4 is 9.86 Å². The molecule has 36 heavy (non-hydrogen) atoms. The maximum Gasteiger partial charge on any atom is 0.324 e. The van der Waals surface area contributed by atoms with Crippen LogP contribution in [0.2, 0.25) is 0 Å². The normalized spacial score (nSPS) is 13.1. The van der Waals surface area contributed by atoms with Gasteiger partial charge in [0.05, 0.1) is 16.2 Å². The lowest BCUT2D eigenvalue weighted by molar-refractivity contribution is -0.163. The van der Waals surface area contributed by atoms with Gasteiger partial charge < -0.3 is 15.2 Å². The van der Waals surface area contributed by atoms with Gasteiger partial charge in [0.1, 0.15) is 17.2 Å². The molecule has 0 aliphatic carbocycles. The van der Waals surface area contributed by atoms with Crippen molar-refractivity contribution < 1.29 is 35.9 Å². The molecule has 0 spiro atoms. The fraction of sp³-hybridized carbons (Fsp3) is 0.417. The van der Waals surface area contributed by atoms with Crippen LogP contribution in [0.5, 0.6) is 0 Å². The SMILES string of the molecule is CC(C)(C)OC(=O)C[C@H](N)C(=O)OC(C)(C)C.O=S(=O)(NS(=O)(=O)c1ccccc1)c1ccccc1. The zero-order chi connectivity index (χ0) is 27.8. The lowest BCUT2D eigenvalue weighted by Gasteiger charge is -2.23. The largest absolute Gasteiger partial charge is 0.460 e. The maximum atomic E-state index is 11.9. The van der Waals surface area contributed by atoms with Crippen molar-refractivity contribution in [3.05, 3.63) is 60.7 Å². The van der Waals surface area contributed by atoms with Gasteiger partial charge in [0, 0.05) is 0 Å². The minimum Gasteiger partial charge on any atom is -0.460 e. The number of benzene rings is 2. The van der Waals surface area contributed by atoms with Crippen LogP contribution in [-0.4, -0.2) is 46.0 Å². The third kappa shape index (κ3) is 11.8. The lowest BCUT2D eigenvalue weighted by atomic mass is 10.1. The molecular formula is C24H34N2O8S2. The first kappa shape index (κ1) is 31.2. The van der Waals surface area contributed by atoms with Crippen molar-refractivity contribution in [1.29, 1.82) is 0 Å². The summed E-state index contributed by atoms with van der Waals surface area (Å²) in [6.45, 7) is 10.5. The van der Waals surface area contributed by atoms with E-state index in [1.807, 2.05) is 0 Å². The third-order valence-electron chi connectivity index (χ3n) is 3.84. The second-order valence-corrected chi connectivity index (χ2v) is 13.3. The van der Waals surface area contributed by atoms with E-state index in [0.717, 1.165) is 0 Å². The monoisotopic (exact) mass is 542 g/mol. The average Bonchev–Trinajstić information content (AvgIpc) is 2.72. The predicted molar refractivity (Wildman–Crippen MR) is 135 cm³/mol. The van der Waals surface area contributed by atoms with E-state index in [1.54, 1.807) is 57.8 Å². The smallest absolute Gasteiger partial charge is 0.324 e. The van der Waals surface area contributed by atoms with Crippen molar-refractivity contribution in [2.24, 2.45) is 5.73 Å². The Hall–Kier alpha value is -2.80. The summed E-state index contributed by atoms with van der Waals surface area (Å²) in [5.41, 5.74) is 4.38. The quantitative estimate of drug-likeness (QED) is 0.502. The summed E-state index contributed by atoms with van der Waals surface area (Å²) in [5.74, 6) is -1.10. The molecule has 0 aliphatic heterocycles. The summed E-state index contributed by atoms with van der Waals surface area (Å²) < 4.78 is 59.6. The molecule has 0 unspecified atom stereocenters. The van der Waals surface area contributed by atoms with Gasteiger partial charge >= 0.3 is 11.9 Å². The number of ether oxygens (including phenoxy) is 2. The number of hydrogen-bond acceptors (Lipinski definition) is 9. The van der Waals surface area contributed by atoms with Gasteiger partial charge in [-0.1, -0.05) is 36.4 Å². The lowest BCUT2D eigenvalue weighted by Crippen LogP contribution is -2.40. The van der Waals surface area contributed by atoms with Gasteiger partial charge in [0.2, 0.25) is 0 Å². The number of rotatable bonds is 7. The number of carbonyl (C=O) groups is 2. The maximum absolute atomic E-state index is 11.9. The summed E-state index contributed by atoms with van der Waals surface area (Å²) in [4.78, 5) is 22.7. The molecule has 0 fully saturated rings. The Labute approximate surface area is 213 Å². The Bertz CT molecular complexity index is 1150. The van der Waals surface area contributed by atoms with E-state index in [1.165, 1.54) is 48.5 Å². The molecule has 200 valence electrons. The van der Waals surface area contributed by atoms with Crippen molar-refractivity contribution in [2.45, 2.75) is 75.0 Å². The van der Waals surface area contributed by atoms with Crippen LogP contribution >= 0.6 is 0 Å². The zero-order valence-corrected chi connectivity index (χ0v) is 22.9. The standard InChI is InChI=1S/C12H11NO4S2.C12H23NO4/c14-18(15,11-7-3-1-4-8-11)13-19(16,17)12-9-5-2-6-10-12;1-11(2,3)16-9(14)7-8(13)10(15)17-12(4,5)6/h1-10,13H;8H,7,13H2,1-6H3/t;8-/m.0/s1. The van der Waals surface area contributed by atoms with E-state index >= 15 is 0 Å². The molecule has 3 N–H and O–H groups in total. The molecule has 1 atom stereocenters. The number of esters is 2. The van der Waals surface area contributed by atoms with Gasteiger partial charge in [-0.2, -0.15) is 0 Å². The Morgan fingerprint density at radius 2 is 1.11 bits per heavy atom. The highest BCUT2D eigenvalue weighted by atomic mass is 32.3. The molecule has 0 aliphatic rings. The van der Waals surface area contributed by atoms with Crippen LogP contribution in [0.1, 0.15) is 48.0 Å². The second-order valence-electron chi connectivity index (χ2n) is 9.65. The van der Waals surface area contributed by atoms with Gasteiger partial charge in [-0.05, 0) is 65.8 Å². The van der Waals surface area contributed by atoms with E-state index in [2.05, 4.69) is 0 Å². The molecule has 0 saturated heterocycles. The average molecular weight is 543 g/mol. The molecule has 0 saturated carbocycles. The Kier molecular flexibility index (Phi) is 10.8. The first-order valence-electron chi connectivity index (χ1n) is 10.9. The van der Waals surface area contributed by atoms with Crippen molar-refractivity contribution >= 4 is 32.0 Å². The van der Waals surface area contributed by atoms with Crippen LogP contribution in [0.3, 0.4) is 0 Å². The van der Waals surface area contributed by atoms with Crippen LogP contribution in [-0.2, 0) is 39.1 Å². The molecule has 2 aromatic carbocycles. The number of carbonyl (C=O) groups excluding carboxylic acids is 2. The fourth-order valence-electron chi connectivity index (χ4n) is 2.46. The molecule has 2 aromatic rings.